The highest BCUT2D eigenvalue weighted by Gasteiger charge is 2.32. The van der Waals surface area contributed by atoms with Crippen molar-refractivity contribution < 1.29 is 27.5 Å². The van der Waals surface area contributed by atoms with E-state index in [-0.39, 0.29) is 16.9 Å². The molecule has 3 rings (SSSR count). The highest BCUT2D eigenvalue weighted by molar-refractivity contribution is 6.05. The summed E-state index contributed by atoms with van der Waals surface area (Å²) >= 11 is 0. The van der Waals surface area contributed by atoms with Crippen molar-refractivity contribution in [1.29, 1.82) is 0 Å². The molecule has 0 saturated carbocycles. The highest BCUT2D eigenvalue weighted by atomic mass is 19.4. The smallest absolute Gasteiger partial charge is 0.366 e. The largest absolute Gasteiger partial charge is 0.416 e. The maximum absolute atomic E-state index is 13.3. The number of rotatable bonds is 4. The first kappa shape index (κ1) is 21.7. The van der Waals surface area contributed by atoms with Crippen molar-refractivity contribution in [3.63, 3.8) is 0 Å². The van der Waals surface area contributed by atoms with Gasteiger partial charge in [-0.05, 0) is 32.2 Å². The van der Waals surface area contributed by atoms with Gasteiger partial charge in [0.2, 0.25) is 0 Å². The highest BCUT2D eigenvalue weighted by Crippen LogP contribution is 2.32. The number of morpholine rings is 1. The number of hydrogen-bond acceptors (Lipinski definition) is 6. The van der Waals surface area contributed by atoms with Crippen molar-refractivity contribution in [3.05, 3.63) is 47.5 Å². The summed E-state index contributed by atoms with van der Waals surface area (Å²) in [5, 5.41) is 4.85. The molecule has 2 heterocycles. The second kappa shape index (κ2) is 8.76. The molecule has 1 aromatic carbocycles. The van der Waals surface area contributed by atoms with E-state index < -0.39 is 29.7 Å². The van der Waals surface area contributed by atoms with Crippen LogP contribution in [0.3, 0.4) is 0 Å². The lowest BCUT2D eigenvalue weighted by Gasteiger charge is -2.29. The topological polar surface area (TPSA) is 96.5 Å². The Labute approximate surface area is 170 Å². The van der Waals surface area contributed by atoms with Crippen LogP contribution in [0.15, 0.2) is 30.6 Å². The average molecular weight is 423 g/mol. The van der Waals surface area contributed by atoms with Crippen LogP contribution in [-0.2, 0) is 15.7 Å². The van der Waals surface area contributed by atoms with E-state index in [1.54, 1.807) is 6.92 Å². The van der Waals surface area contributed by atoms with E-state index in [1.807, 2.05) is 11.9 Å². The number of aromatic nitrogens is 2. The molecule has 1 aliphatic rings. The van der Waals surface area contributed by atoms with Crippen LogP contribution in [0.25, 0.3) is 0 Å². The third-order valence-electron chi connectivity index (χ3n) is 4.39. The number of halogens is 3. The van der Waals surface area contributed by atoms with Gasteiger partial charge in [-0.3, -0.25) is 9.59 Å². The molecule has 160 valence electrons. The van der Waals surface area contributed by atoms with Crippen molar-refractivity contribution in [2.45, 2.75) is 19.2 Å². The van der Waals surface area contributed by atoms with Crippen LogP contribution in [0.4, 0.5) is 24.5 Å². The van der Waals surface area contributed by atoms with Gasteiger partial charge in [-0.15, -0.1) is 0 Å². The van der Waals surface area contributed by atoms with Gasteiger partial charge in [0.15, 0.2) is 0 Å². The number of alkyl halides is 3. The molecule has 1 unspecified atom stereocenters. The molecule has 11 heteroatoms. The molecule has 30 heavy (non-hydrogen) atoms. The van der Waals surface area contributed by atoms with Crippen molar-refractivity contribution in [2.24, 2.45) is 0 Å². The Morgan fingerprint density at radius 1 is 1.13 bits per heavy atom. The third-order valence-corrected chi connectivity index (χ3v) is 4.39. The molecule has 0 bridgehead atoms. The SMILES string of the molecule is Cc1ncc(NC(=O)c2cc(NC(=O)C3CN(C)CCO3)cc(C(F)(F)F)c2)cn1. The van der Waals surface area contributed by atoms with E-state index in [1.165, 1.54) is 18.5 Å². The summed E-state index contributed by atoms with van der Waals surface area (Å²) < 4.78 is 45.4. The van der Waals surface area contributed by atoms with Gasteiger partial charge in [0.1, 0.15) is 11.9 Å². The number of carbonyl (C=O) groups excluding carboxylic acids is 2. The number of aryl methyl sites for hydroxylation is 1. The summed E-state index contributed by atoms with van der Waals surface area (Å²) in [6, 6.07) is 2.66. The van der Waals surface area contributed by atoms with E-state index in [9.17, 15) is 22.8 Å². The standard InChI is InChI=1S/C19H20F3N5O3/c1-11-23-8-15(9-24-11)26-17(28)12-5-13(19(20,21)22)7-14(6-12)25-18(29)16-10-27(2)3-4-30-16/h5-9,16H,3-4,10H2,1-2H3,(H,25,29)(H,26,28). The van der Waals surface area contributed by atoms with Crippen LogP contribution in [0.5, 0.6) is 0 Å². The Kier molecular flexibility index (Phi) is 6.32. The lowest BCUT2D eigenvalue weighted by Crippen LogP contribution is -2.46. The molecule has 1 aromatic heterocycles. The van der Waals surface area contributed by atoms with E-state index in [0.717, 1.165) is 6.07 Å². The normalized spacial score (nSPS) is 17.4. The van der Waals surface area contributed by atoms with E-state index >= 15 is 0 Å². The summed E-state index contributed by atoms with van der Waals surface area (Å²) in [5.41, 5.74) is -1.26. The average Bonchev–Trinajstić information content (AvgIpc) is 2.68. The van der Waals surface area contributed by atoms with Crippen molar-refractivity contribution in [3.8, 4) is 0 Å². The Hall–Kier alpha value is -3.05. The van der Waals surface area contributed by atoms with Gasteiger partial charge in [0.25, 0.3) is 11.8 Å². The van der Waals surface area contributed by atoms with Gasteiger partial charge in [0.05, 0.1) is 30.3 Å². The zero-order valence-corrected chi connectivity index (χ0v) is 16.3. The lowest BCUT2D eigenvalue weighted by atomic mass is 10.1. The molecule has 2 N–H and O–H groups in total. The van der Waals surface area contributed by atoms with Crippen LogP contribution in [0, 0.1) is 6.92 Å². The van der Waals surface area contributed by atoms with Gasteiger partial charge in [-0.1, -0.05) is 0 Å². The molecule has 0 spiro atoms. The molecule has 1 saturated heterocycles. The van der Waals surface area contributed by atoms with E-state index in [2.05, 4.69) is 20.6 Å². The summed E-state index contributed by atoms with van der Waals surface area (Å²) in [6.45, 7) is 2.95. The minimum absolute atomic E-state index is 0.156. The lowest BCUT2D eigenvalue weighted by molar-refractivity contribution is -0.137. The predicted octanol–water partition coefficient (Wildman–Crippen LogP) is 2.33. The van der Waals surface area contributed by atoms with Gasteiger partial charge in [-0.25, -0.2) is 9.97 Å². The molecule has 2 amide bonds. The quantitative estimate of drug-likeness (QED) is 0.784. The number of nitrogens with one attached hydrogen (secondary N) is 2. The van der Waals surface area contributed by atoms with Crippen LogP contribution in [-0.4, -0.2) is 59.5 Å². The number of likely N-dealkylation sites (N-methyl/N-ethyl adjacent to an activating group) is 1. The number of hydrogen-bond donors (Lipinski definition) is 2. The minimum Gasteiger partial charge on any atom is -0.366 e. The Morgan fingerprint density at radius 2 is 1.83 bits per heavy atom. The Morgan fingerprint density at radius 3 is 2.47 bits per heavy atom. The van der Waals surface area contributed by atoms with Crippen LogP contribution >= 0.6 is 0 Å². The maximum atomic E-state index is 13.3. The second-order valence-electron chi connectivity index (χ2n) is 6.88. The summed E-state index contributed by atoms with van der Waals surface area (Å²) in [6.07, 6.45) is -2.84. The van der Waals surface area contributed by atoms with Crippen molar-refractivity contribution in [2.75, 3.05) is 37.4 Å². The fraction of sp³-hybridized carbons (Fsp3) is 0.368. The monoisotopic (exact) mass is 423 g/mol. The van der Waals surface area contributed by atoms with Crippen molar-refractivity contribution >= 4 is 23.2 Å². The summed E-state index contributed by atoms with van der Waals surface area (Å²) in [4.78, 5) is 34.6. The zero-order chi connectivity index (χ0) is 21.9. The van der Waals surface area contributed by atoms with Gasteiger partial charge < -0.3 is 20.3 Å². The minimum atomic E-state index is -4.70. The molecular weight excluding hydrogens is 403 g/mol. The zero-order valence-electron chi connectivity index (χ0n) is 16.3. The Balaban J connectivity index is 1.83. The molecular formula is C19H20F3N5O3. The molecule has 0 aliphatic carbocycles. The number of amides is 2. The Bertz CT molecular complexity index is 934. The molecule has 1 fully saturated rings. The van der Waals surface area contributed by atoms with E-state index in [0.29, 0.717) is 31.6 Å². The fourth-order valence-corrected chi connectivity index (χ4v) is 2.81. The van der Waals surface area contributed by atoms with Gasteiger partial charge in [-0.2, -0.15) is 13.2 Å². The molecule has 1 aliphatic heterocycles. The van der Waals surface area contributed by atoms with Crippen LogP contribution < -0.4 is 10.6 Å². The van der Waals surface area contributed by atoms with Crippen LogP contribution in [0.1, 0.15) is 21.7 Å². The first-order valence-electron chi connectivity index (χ1n) is 9.05. The van der Waals surface area contributed by atoms with E-state index in [4.69, 9.17) is 4.74 Å². The number of nitrogens with zero attached hydrogens (tertiary/aromatic N) is 3. The molecule has 0 radical (unpaired) electrons. The molecule has 1 atom stereocenters. The molecule has 8 nitrogen and oxygen atoms in total. The number of benzene rings is 1. The number of carbonyl (C=O) groups is 2. The van der Waals surface area contributed by atoms with Gasteiger partial charge >= 0.3 is 6.18 Å². The first-order chi connectivity index (χ1) is 14.1. The summed E-state index contributed by atoms with van der Waals surface area (Å²) in [7, 11) is 1.81. The number of anilines is 2. The maximum Gasteiger partial charge on any atom is 0.416 e. The fourth-order valence-electron chi connectivity index (χ4n) is 2.81. The number of ether oxygens (including phenoxy) is 1. The first-order valence-corrected chi connectivity index (χ1v) is 9.05. The molecule has 2 aromatic rings. The van der Waals surface area contributed by atoms with Gasteiger partial charge in [0, 0.05) is 24.3 Å². The predicted molar refractivity (Wildman–Crippen MR) is 102 cm³/mol. The second-order valence-corrected chi connectivity index (χ2v) is 6.88. The van der Waals surface area contributed by atoms with Crippen LogP contribution in [0.2, 0.25) is 0 Å². The summed E-state index contributed by atoms with van der Waals surface area (Å²) in [5.74, 6) is -0.899. The third kappa shape index (κ3) is 5.51. The van der Waals surface area contributed by atoms with Crippen molar-refractivity contribution in [1.82, 2.24) is 14.9 Å².